The van der Waals surface area contributed by atoms with Crippen molar-refractivity contribution in [2.24, 2.45) is 0 Å². The maximum absolute atomic E-state index is 13.1. The SMILES string of the molecule is O=c1c2ccccc2c(-c2nc(-c3ccncc3)no2)nn1-c1cccc(Br)c1. The molecule has 0 fully saturated rings. The highest BCUT2D eigenvalue weighted by Gasteiger charge is 2.19. The van der Waals surface area contributed by atoms with Gasteiger partial charge in [-0.3, -0.25) is 9.78 Å². The van der Waals surface area contributed by atoms with E-state index in [0.29, 0.717) is 28.0 Å². The Morgan fingerprint density at radius 3 is 2.52 bits per heavy atom. The Hall–Kier alpha value is -3.65. The first-order chi connectivity index (χ1) is 14.2. The van der Waals surface area contributed by atoms with Gasteiger partial charge in [-0.05, 0) is 36.4 Å². The number of hydrogen-bond acceptors (Lipinski definition) is 6. The molecule has 0 unspecified atom stereocenters. The van der Waals surface area contributed by atoms with E-state index in [0.717, 1.165) is 10.0 Å². The lowest BCUT2D eigenvalue weighted by Gasteiger charge is -2.09. The Morgan fingerprint density at radius 2 is 1.72 bits per heavy atom. The minimum atomic E-state index is -0.226. The minimum absolute atomic E-state index is 0.226. The van der Waals surface area contributed by atoms with E-state index in [1.165, 1.54) is 4.68 Å². The average molecular weight is 446 g/mol. The number of halogens is 1. The molecule has 0 N–H and O–H groups in total. The van der Waals surface area contributed by atoms with Gasteiger partial charge in [0, 0.05) is 27.8 Å². The van der Waals surface area contributed by atoms with Gasteiger partial charge in [0.25, 0.3) is 11.4 Å². The van der Waals surface area contributed by atoms with Crippen LogP contribution in [0.4, 0.5) is 0 Å². The topological polar surface area (TPSA) is 86.7 Å². The Bertz CT molecular complexity index is 1400. The van der Waals surface area contributed by atoms with E-state index in [-0.39, 0.29) is 11.4 Å². The molecule has 0 saturated heterocycles. The molecule has 0 amide bonds. The Morgan fingerprint density at radius 1 is 0.931 bits per heavy atom. The monoisotopic (exact) mass is 445 g/mol. The number of rotatable bonds is 3. The second kappa shape index (κ2) is 7.06. The maximum atomic E-state index is 13.1. The van der Waals surface area contributed by atoms with E-state index in [4.69, 9.17) is 4.52 Å². The summed E-state index contributed by atoms with van der Waals surface area (Å²) in [5.74, 6) is 0.658. The summed E-state index contributed by atoms with van der Waals surface area (Å²) < 4.78 is 7.69. The second-order valence-corrected chi connectivity index (χ2v) is 7.17. The zero-order chi connectivity index (χ0) is 19.8. The van der Waals surface area contributed by atoms with Crippen molar-refractivity contribution in [3.8, 4) is 28.7 Å². The molecular formula is C21H12BrN5O2. The number of aromatic nitrogens is 5. The third-order valence-electron chi connectivity index (χ3n) is 4.42. The first-order valence-corrected chi connectivity index (χ1v) is 9.52. The summed E-state index contributed by atoms with van der Waals surface area (Å²) in [6, 6.07) is 18.2. The van der Waals surface area contributed by atoms with Gasteiger partial charge in [-0.1, -0.05) is 45.4 Å². The lowest BCUT2D eigenvalue weighted by Crippen LogP contribution is -2.22. The maximum Gasteiger partial charge on any atom is 0.279 e. The predicted octanol–water partition coefficient (Wildman–Crippen LogP) is 4.26. The quantitative estimate of drug-likeness (QED) is 0.412. The lowest BCUT2D eigenvalue weighted by molar-refractivity contribution is 0.430. The highest BCUT2D eigenvalue weighted by atomic mass is 79.9. The fraction of sp³-hybridized carbons (Fsp3) is 0. The number of fused-ring (bicyclic) bond motifs is 1. The zero-order valence-electron chi connectivity index (χ0n) is 14.9. The summed E-state index contributed by atoms with van der Waals surface area (Å²) in [6.07, 6.45) is 3.32. The van der Waals surface area contributed by atoms with Crippen LogP contribution in [0.1, 0.15) is 0 Å². The largest absolute Gasteiger partial charge is 0.332 e. The minimum Gasteiger partial charge on any atom is -0.332 e. The normalized spacial score (nSPS) is 11.1. The van der Waals surface area contributed by atoms with Crippen LogP contribution in [0, 0.1) is 0 Å². The molecule has 0 bridgehead atoms. The van der Waals surface area contributed by atoms with Crippen LogP contribution < -0.4 is 5.56 Å². The Labute approximate surface area is 172 Å². The van der Waals surface area contributed by atoms with Gasteiger partial charge in [-0.25, -0.2) is 0 Å². The van der Waals surface area contributed by atoms with Crippen LogP contribution in [0.5, 0.6) is 0 Å². The molecule has 0 aliphatic carbocycles. The molecule has 0 saturated carbocycles. The van der Waals surface area contributed by atoms with Gasteiger partial charge >= 0.3 is 0 Å². The van der Waals surface area contributed by atoms with Gasteiger partial charge in [-0.2, -0.15) is 14.8 Å². The lowest BCUT2D eigenvalue weighted by atomic mass is 10.1. The van der Waals surface area contributed by atoms with Crippen LogP contribution in [0.15, 0.2) is 86.8 Å². The summed E-state index contributed by atoms with van der Waals surface area (Å²) in [7, 11) is 0. The molecule has 8 heteroatoms. The standard InChI is InChI=1S/C21H12BrN5O2/c22-14-4-3-5-15(12-14)27-21(28)17-7-2-1-6-16(17)18(25-27)20-24-19(26-29-20)13-8-10-23-11-9-13/h1-12H. The third kappa shape index (κ3) is 3.13. The first-order valence-electron chi connectivity index (χ1n) is 8.73. The second-order valence-electron chi connectivity index (χ2n) is 6.25. The van der Waals surface area contributed by atoms with Gasteiger partial charge in [0.15, 0.2) is 5.69 Å². The van der Waals surface area contributed by atoms with Crippen LogP contribution in [-0.2, 0) is 0 Å². The van der Waals surface area contributed by atoms with E-state index in [2.05, 4.69) is 36.2 Å². The van der Waals surface area contributed by atoms with Gasteiger partial charge < -0.3 is 4.52 Å². The molecule has 0 spiro atoms. The smallest absolute Gasteiger partial charge is 0.279 e. The number of pyridine rings is 1. The van der Waals surface area contributed by atoms with E-state index in [1.807, 2.05) is 42.5 Å². The molecule has 5 aromatic rings. The van der Waals surface area contributed by atoms with Crippen molar-refractivity contribution in [2.75, 3.05) is 0 Å². The number of nitrogens with zero attached hydrogens (tertiary/aromatic N) is 5. The van der Waals surface area contributed by atoms with Crippen molar-refractivity contribution in [1.29, 1.82) is 0 Å². The highest BCUT2D eigenvalue weighted by Crippen LogP contribution is 2.26. The molecule has 5 rings (SSSR count). The molecule has 0 radical (unpaired) electrons. The Kier molecular flexibility index (Phi) is 4.25. The van der Waals surface area contributed by atoms with E-state index < -0.39 is 0 Å². The molecule has 0 aliphatic heterocycles. The van der Waals surface area contributed by atoms with E-state index >= 15 is 0 Å². The Balaban J connectivity index is 1.75. The molecule has 29 heavy (non-hydrogen) atoms. The molecular weight excluding hydrogens is 434 g/mol. The third-order valence-corrected chi connectivity index (χ3v) is 4.92. The summed E-state index contributed by atoms with van der Waals surface area (Å²) in [6.45, 7) is 0. The van der Waals surface area contributed by atoms with Crippen LogP contribution in [0.2, 0.25) is 0 Å². The van der Waals surface area contributed by atoms with Gasteiger partial charge in [-0.15, -0.1) is 0 Å². The average Bonchev–Trinajstić information content (AvgIpc) is 3.25. The molecule has 140 valence electrons. The molecule has 0 atom stereocenters. The predicted molar refractivity (Wildman–Crippen MR) is 112 cm³/mol. The van der Waals surface area contributed by atoms with Crippen molar-refractivity contribution >= 4 is 26.7 Å². The molecule has 3 heterocycles. The number of benzene rings is 2. The molecule has 7 nitrogen and oxygen atoms in total. The fourth-order valence-corrected chi connectivity index (χ4v) is 3.46. The van der Waals surface area contributed by atoms with Crippen LogP contribution in [0.3, 0.4) is 0 Å². The fourth-order valence-electron chi connectivity index (χ4n) is 3.07. The molecule has 0 aliphatic rings. The van der Waals surface area contributed by atoms with Crippen molar-refractivity contribution in [3.63, 3.8) is 0 Å². The summed E-state index contributed by atoms with van der Waals surface area (Å²) in [5, 5.41) is 9.79. The molecule has 2 aromatic carbocycles. The van der Waals surface area contributed by atoms with E-state index in [9.17, 15) is 4.79 Å². The highest BCUT2D eigenvalue weighted by molar-refractivity contribution is 9.10. The number of hydrogen-bond donors (Lipinski definition) is 0. The van der Waals surface area contributed by atoms with Gasteiger partial charge in [0.1, 0.15) is 0 Å². The van der Waals surface area contributed by atoms with Crippen molar-refractivity contribution < 1.29 is 4.52 Å². The van der Waals surface area contributed by atoms with Crippen molar-refractivity contribution in [2.45, 2.75) is 0 Å². The molecule has 3 aromatic heterocycles. The van der Waals surface area contributed by atoms with Crippen molar-refractivity contribution in [3.05, 3.63) is 87.9 Å². The first kappa shape index (κ1) is 17.4. The van der Waals surface area contributed by atoms with Crippen LogP contribution in [-0.4, -0.2) is 24.9 Å². The van der Waals surface area contributed by atoms with Crippen LogP contribution >= 0.6 is 15.9 Å². The zero-order valence-corrected chi connectivity index (χ0v) is 16.4. The summed E-state index contributed by atoms with van der Waals surface area (Å²) in [4.78, 5) is 21.6. The summed E-state index contributed by atoms with van der Waals surface area (Å²) >= 11 is 3.44. The van der Waals surface area contributed by atoms with E-state index in [1.54, 1.807) is 30.6 Å². The summed E-state index contributed by atoms with van der Waals surface area (Å²) in [5.41, 5.74) is 1.62. The van der Waals surface area contributed by atoms with Gasteiger partial charge in [0.05, 0.1) is 11.1 Å². The van der Waals surface area contributed by atoms with Crippen LogP contribution in [0.25, 0.3) is 39.4 Å². The van der Waals surface area contributed by atoms with Gasteiger partial charge in [0.2, 0.25) is 5.82 Å². The van der Waals surface area contributed by atoms with Crippen molar-refractivity contribution in [1.82, 2.24) is 24.9 Å².